The summed E-state index contributed by atoms with van der Waals surface area (Å²) in [4.78, 5) is 160. The SMILES string of the molecule is CCCN(C(=O)[C@@H](CC(=O)C1CCCCN1C)C(C)CC)[C@H](C[C@@H](OC(=O)NC)c1nc(C(=O)N[C@@H](Cc2ccc(C)c(NC(=O)CCCNC(=O)C(CCCCNC(=O)COCCOO)CC(=O)CCN3C(=O)CC(SC)C3=O)c2)CC(C)C(=O)O)cs1)C(C)C. The van der Waals surface area contributed by atoms with Gasteiger partial charge in [0, 0.05) is 107 Å². The van der Waals surface area contributed by atoms with E-state index in [4.69, 9.17) is 19.7 Å². The Labute approximate surface area is 550 Å². The summed E-state index contributed by atoms with van der Waals surface area (Å²) in [5, 5.41) is 33.8. The van der Waals surface area contributed by atoms with Gasteiger partial charge in [0.05, 0.1) is 23.8 Å². The predicted octanol–water partition coefficient (Wildman–Crippen LogP) is 7.14. The molecule has 0 bridgehead atoms. The molecular weight excluding hydrogens is 1230 g/mol. The third-order valence-electron chi connectivity index (χ3n) is 17.2. The van der Waals surface area contributed by atoms with Crippen molar-refractivity contribution in [3.05, 3.63) is 45.4 Å². The van der Waals surface area contributed by atoms with Gasteiger partial charge in [-0.1, -0.05) is 72.9 Å². The molecular formula is C65H101N9O16S2. The van der Waals surface area contributed by atoms with Gasteiger partial charge in [-0.2, -0.15) is 11.8 Å². The van der Waals surface area contributed by atoms with Gasteiger partial charge >= 0.3 is 12.1 Å². The first-order valence-corrected chi connectivity index (χ1v) is 34.6. The third-order valence-corrected chi connectivity index (χ3v) is 19.1. The van der Waals surface area contributed by atoms with Crippen LogP contribution in [0.3, 0.4) is 0 Å². The first kappa shape index (κ1) is 78.1. The van der Waals surface area contributed by atoms with E-state index in [-0.39, 0.29) is 162 Å². The van der Waals surface area contributed by atoms with E-state index in [1.54, 1.807) is 25.3 Å². The zero-order chi connectivity index (χ0) is 68.0. The maximum atomic E-state index is 14.9. The van der Waals surface area contributed by atoms with Gasteiger partial charge in [0.1, 0.15) is 29.7 Å². The fourth-order valence-corrected chi connectivity index (χ4v) is 13.0. The summed E-state index contributed by atoms with van der Waals surface area (Å²) in [5.74, 6) is -6.24. The third kappa shape index (κ3) is 25.5. The van der Waals surface area contributed by atoms with Gasteiger partial charge in [0.2, 0.25) is 35.4 Å². The Morgan fingerprint density at radius 3 is 2.32 bits per heavy atom. The lowest BCUT2D eigenvalue weighted by Crippen LogP contribution is -2.50. The molecule has 1 aromatic heterocycles. The number of carbonyl (C=O) groups is 11. The number of hydrogen-bond acceptors (Lipinski definition) is 19. The number of carboxylic acids is 1. The number of unbranched alkanes of at least 4 members (excludes halogenated alkanes) is 1. The lowest BCUT2D eigenvalue weighted by atomic mass is 9.82. The minimum Gasteiger partial charge on any atom is -0.481 e. The number of thioether (sulfide) groups is 1. The Balaban J connectivity index is 1.43. The van der Waals surface area contributed by atoms with Crippen LogP contribution in [0.2, 0.25) is 0 Å². The molecule has 4 rings (SSSR count). The second-order valence-corrected chi connectivity index (χ2v) is 26.6. The van der Waals surface area contributed by atoms with Crippen LogP contribution in [0.5, 0.6) is 0 Å². The van der Waals surface area contributed by atoms with E-state index >= 15 is 0 Å². The van der Waals surface area contributed by atoms with Gasteiger partial charge < -0.3 is 46.1 Å². The maximum Gasteiger partial charge on any atom is 0.407 e. The van der Waals surface area contributed by atoms with Gasteiger partial charge in [0.25, 0.3) is 5.91 Å². The minimum absolute atomic E-state index is 0.00496. The lowest BCUT2D eigenvalue weighted by Gasteiger charge is -2.39. The number of alkyl carbamates (subject to hydrolysis) is 1. The Morgan fingerprint density at radius 1 is 0.924 bits per heavy atom. The second kappa shape index (κ2) is 40.7. The molecule has 0 saturated carbocycles. The quantitative estimate of drug-likeness (QED) is 0.0150. The van der Waals surface area contributed by atoms with Gasteiger partial charge in [-0.05, 0) is 107 Å². The number of amides is 8. The molecule has 27 heteroatoms. The van der Waals surface area contributed by atoms with Gasteiger partial charge in [-0.3, -0.25) is 63.0 Å². The number of thiazole rings is 1. The number of carboxylic acid groups (broad SMARTS) is 1. The molecule has 1 aromatic carbocycles. The summed E-state index contributed by atoms with van der Waals surface area (Å²) in [5.41, 5.74) is 1.89. The van der Waals surface area contributed by atoms with Crippen molar-refractivity contribution in [3.63, 3.8) is 0 Å². The van der Waals surface area contributed by atoms with Crippen LogP contribution >= 0.6 is 23.1 Å². The number of hydrogen-bond donors (Lipinski definition) is 7. The molecule has 0 aliphatic carbocycles. The summed E-state index contributed by atoms with van der Waals surface area (Å²) in [6.45, 7) is 14.6. The number of ether oxygens (including phenoxy) is 2. The molecule has 514 valence electrons. The molecule has 0 radical (unpaired) electrons. The number of ketones is 2. The number of piperidine rings is 1. The smallest absolute Gasteiger partial charge is 0.407 e. The van der Waals surface area contributed by atoms with Crippen molar-refractivity contribution in [1.29, 1.82) is 0 Å². The van der Waals surface area contributed by atoms with E-state index in [1.807, 2.05) is 52.6 Å². The fourth-order valence-electron chi connectivity index (χ4n) is 11.5. The van der Waals surface area contributed by atoms with Crippen molar-refractivity contribution in [2.75, 3.05) is 78.2 Å². The highest BCUT2D eigenvalue weighted by Crippen LogP contribution is 2.34. The first-order valence-electron chi connectivity index (χ1n) is 32.4. The molecule has 5 unspecified atom stereocenters. The number of anilines is 1. The summed E-state index contributed by atoms with van der Waals surface area (Å²) < 4.78 is 11.1. The molecule has 2 saturated heterocycles. The molecule has 25 nitrogen and oxygen atoms in total. The van der Waals surface area contributed by atoms with Crippen LogP contribution in [0.4, 0.5) is 10.5 Å². The summed E-state index contributed by atoms with van der Waals surface area (Å²) in [6, 6.07) is 3.95. The van der Waals surface area contributed by atoms with E-state index in [9.17, 15) is 57.8 Å². The second-order valence-electron chi connectivity index (χ2n) is 24.6. The lowest BCUT2D eigenvalue weighted by molar-refractivity contribution is -0.248. The predicted molar refractivity (Wildman–Crippen MR) is 350 cm³/mol. The normalized spacial score (nSPS) is 17.4. The van der Waals surface area contributed by atoms with Crippen molar-refractivity contribution in [2.45, 2.75) is 187 Å². The number of benzene rings is 1. The first-order chi connectivity index (χ1) is 43.8. The molecule has 9 atom stereocenters. The van der Waals surface area contributed by atoms with Crippen LogP contribution in [0.25, 0.3) is 0 Å². The van der Waals surface area contributed by atoms with Crippen molar-refractivity contribution in [2.24, 2.45) is 29.6 Å². The maximum absolute atomic E-state index is 14.9. The highest BCUT2D eigenvalue weighted by molar-refractivity contribution is 8.00. The van der Waals surface area contributed by atoms with E-state index in [2.05, 4.69) is 36.4 Å². The topological polar surface area (TPSA) is 339 Å². The number of nitrogens with zero attached hydrogens (tertiary/aromatic N) is 4. The Kier molecular flexibility index (Phi) is 34.5. The molecule has 8 amide bonds. The van der Waals surface area contributed by atoms with Crippen molar-refractivity contribution < 1.29 is 77.5 Å². The number of carbonyl (C=O) groups excluding carboxylic acids is 10. The van der Waals surface area contributed by atoms with Crippen LogP contribution in [0, 0.1) is 36.5 Å². The van der Waals surface area contributed by atoms with Crippen LogP contribution < -0.4 is 26.6 Å². The largest absolute Gasteiger partial charge is 0.481 e. The van der Waals surface area contributed by atoms with E-state index in [0.29, 0.717) is 54.9 Å². The van der Waals surface area contributed by atoms with Crippen LogP contribution in [0.15, 0.2) is 23.6 Å². The average Bonchev–Trinajstić information content (AvgIpc) is 1.35. The monoisotopic (exact) mass is 1330 g/mol. The Morgan fingerprint density at radius 2 is 1.66 bits per heavy atom. The van der Waals surface area contributed by atoms with Crippen LogP contribution in [-0.2, 0) is 63.9 Å². The molecule has 92 heavy (non-hydrogen) atoms. The zero-order valence-corrected chi connectivity index (χ0v) is 57.1. The van der Waals surface area contributed by atoms with Crippen molar-refractivity contribution in [1.82, 2.24) is 41.0 Å². The molecule has 2 aliphatic heterocycles. The number of aliphatic carboxylic acids is 1. The molecule has 3 heterocycles. The van der Waals surface area contributed by atoms with E-state index < -0.39 is 65.1 Å². The molecule has 0 spiro atoms. The number of likely N-dealkylation sites (tertiary alicyclic amines) is 2. The van der Waals surface area contributed by atoms with Gasteiger partial charge in [0.15, 0.2) is 11.9 Å². The van der Waals surface area contributed by atoms with E-state index in [1.165, 1.54) is 31.1 Å². The molecule has 2 fully saturated rings. The summed E-state index contributed by atoms with van der Waals surface area (Å²) >= 11 is 2.38. The number of rotatable bonds is 43. The van der Waals surface area contributed by atoms with Gasteiger partial charge in [-0.25, -0.2) is 14.7 Å². The number of Topliss-reactive ketones (excluding diaryl/α,β-unsaturated/α-hetero) is 2. The highest BCUT2D eigenvalue weighted by atomic mass is 32.2. The minimum atomic E-state index is -1.07. The number of aryl methyl sites for hydroxylation is 1. The average molecular weight is 1330 g/mol. The number of imide groups is 1. The van der Waals surface area contributed by atoms with Crippen LogP contribution in [0.1, 0.15) is 177 Å². The fraction of sp³-hybridized carbons (Fsp3) is 0.692. The summed E-state index contributed by atoms with van der Waals surface area (Å²) in [7, 11) is 3.39. The number of likely N-dealkylation sites (N-methyl/N-ethyl adjacent to an activating group) is 1. The molecule has 2 aromatic rings. The molecule has 7 N–H and O–H groups in total. The van der Waals surface area contributed by atoms with Crippen molar-refractivity contribution >= 4 is 93.8 Å². The standard InChI is InChI=1S/C65H101N9O16S2/c1-11-26-73(62(82)48(41(5)12-2)35-53(76)51-19-14-16-27-72(51)9)52(40(3)4)36-54(90-65(86)66-8)61-71-50(39-92-61)60(81)69-46(31-43(7)64(84)85)32-44-22-21-42(6)49(33-44)70-56(77)20-17-25-68-59(80)45(18-13-15-24-67-57(78)38-88-29-30-89-87)34-47(75)23-28-74-58(79)37-55(91-10)63(74)83/h21-22,33,39-41,43,45-46,48,51-52,54-55,87H,11-20,23-32,34-38H2,1-10H3,(H,66,86)(H,67,78)(H,68,80)(H,69,81)(H,70,77)(H,84,85)/t41?,43?,45?,46-,48+,51?,52-,54-,55?/m1/s1. The molecule has 2 aliphatic rings. The number of aromatic nitrogens is 1. The van der Waals surface area contributed by atoms with E-state index in [0.717, 1.165) is 47.6 Å². The Hall–Kier alpha value is -6.39. The van der Waals surface area contributed by atoms with Gasteiger partial charge in [-0.15, -0.1) is 11.3 Å². The number of nitrogens with one attached hydrogen (secondary N) is 5. The zero-order valence-electron chi connectivity index (χ0n) is 55.5. The highest BCUT2D eigenvalue weighted by Gasteiger charge is 2.40. The summed E-state index contributed by atoms with van der Waals surface area (Å²) in [6.07, 6.45) is 5.86. The van der Waals surface area contributed by atoms with Crippen LogP contribution in [-0.4, -0.2) is 191 Å². The Bertz CT molecular complexity index is 2780. The van der Waals surface area contributed by atoms with Crippen molar-refractivity contribution in [3.8, 4) is 0 Å².